The van der Waals surface area contributed by atoms with Gasteiger partial charge in [0.25, 0.3) is 0 Å². The van der Waals surface area contributed by atoms with Crippen molar-refractivity contribution in [1.29, 1.82) is 0 Å². The molecular formula is C19H21F3N2O3. The van der Waals surface area contributed by atoms with Gasteiger partial charge < -0.3 is 14.5 Å². The van der Waals surface area contributed by atoms with Crippen LogP contribution in [0.25, 0.3) is 5.57 Å². The number of nitrogens with zero attached hydrogens (tertiary/aromatic N) is 1. The van der Waals surface area contributed by atoms with Crippen LogP contribution in [0, 0.1) is 0 Å². The fourth-order valence-corrected chi connectivity index (χ4v) is 2.48. The second kappa shape index (κ2) is 9.25. The van der Waals surface area contributed by atoms with E-state index in [9.17, 15) is 18.0 Å². The van der Waals surface area contributed by atoms with Gasteiger partial charge in [0.1, 0.15) is 5.75 Å². The number of imidazole rings is 1. The number of allylic oxidation sites excluding steroid dienone is 2. The molecule has 0 aliphatic carbocycles. The Labute approximate surface area is 155 Å². The molecule has 2 aromatic rings. The highest BCUT2D eigenvalue weighted by molar-refractivity contribution is 5.77. The van der Waals surface area contributed by atoms with Crippen molar-refractivity contribution in [2.75, 3.05) is 6.61 Å². The van der Waals surface area contributed by atoms with E-state index < -0.39 is 18.2 Å². The molecule has 1 aromatic heterocycles. The van der Waals surface area contributed by atoms with Gasteiger partial charge in [0.2, 0.25) is 0 Å². The molecule has 1 aromatic carbocycles. The number of aryl methyl sites for hydroxylation is 1. The molecule has 1 heterocycles. The van der Waals surface area contributed by atoms with Crippen LogP contribution in [-0.4, -0.2) is 28.7 Å². The van der Waals surface area contributed by atoms with Gasteiger partial charge in [0, 0.05) is 5.69 Å². The van der Waals surface area contributed by atoms with Gasteiger partial charge in [-0.2, -0.15) is 13.2 Å². The minimum atomic E-state index is -5.06. The van der Waals surface area contributed by atoms with E-state index in [1.807, 2.05) is 31.2 Å². The average Bonchev–Trinajstić information content (AvgIpc) is 3.07. The lowest BCUT2D eigenvalue weighted by Crippen LogP contribution is -2.28. The number of halogens is 3. The van der Waals surface area contributed by atoms with E-state index in [-0.39, 0.29) is 0 Å². The van der Waals surface area contributed by atoms with Crippen molar-refractivity contribution in [2.45, 2.75) is 39.3 Å². The van der Waals surface area contributed by atoms with Crippen molar-refractivity contribution >= 4 is 11.5 Å². The van der Waals surface area contributed by atoms with Gasteiger partial charge >= 0.3 is 18.2 Å². The monoisotopic (exact) mass is 382 g/mol. The summed E-state index contributed by atoms with van der Waals surface area (Å²) < 4.78 is 46.3. The summed E-state index contributed by atoms with van der Waals surface area (Å²) in [5.41, 5.74) is 2.90. The third-order valence-electron chi connectivity index (χ3n) is 3.82. The smallest absolute Gasteiger partial charge is 0.491 e. The third kappa shape index (κ3) is 6.16. The predicted octanol–water partition coefficient (Wildman–Crippen LogP) is 4.70. The van der Waals surface area contributed by atoms with Crippen molar-refractivity contribution < 1.29 is 27.4 Å². The Morgan fingerprint density at radius 1 is 1.33 bits per heavy atom. The van der Waals surface area contributed by atoms with Crippen LogP contribution in [0.1, 0.15) is 37.9 Å². The number of esters is 1. The number of hydrogen-bond donors (Lipinski definition) is 1. The van der Waals surface area contributed by atoms with Gasteiger partial charge in [0.15, 0.2) is 0 Å². The summed E-state index contributed by atoms with van der Waals surface area (Å²) in [6, 6.07) is 7.33. The minimum Gasteiger partial charge on any atom is -0.494 e. The van der Waals surface area contributed by atoms with E-state index in [4.69, 9.17) is 4.74 Å². The van der Waals surface area contributed by atoms with Crippen molar-refractivity contribution in [1.82, 2.24) is 9.97 Å². The molecular weight excluding hydrogens is 361 g/mol. The van der Waals surface area contributed by atoms with Crippen molar-refractivity contribution in [3.05, 3.63) is 47.8 Å². The van der Waals surface area contributed by atoms with E-state index in [1.54, 1.807) is 0 Å². The van der Waals surface area contributed by atoms with Crippen molar-refractivity contribution in [3.63, 3.8) is 0 Å². The van der Waals surface area contributed by atoms with Crippen molar-refractivity contribution in [2.24, 2.45) is 0 Å². The van der Waals surface area contributed by atoms with Crippen LogP contribution in [0.4, 0.5) is 13.2 Å². The number of aromatic amines is 1. The molecule has 0 aliphatic heterocycles. The second-order valence-corrected chi connectivity index (χ2v) is 5.75. The number of nitrogens with one attached hydrogen (secondary N) is 1. The maximum absolute atomic E-state index is 12.1. The maximum Gasteiger partial charge on any atom is 0.491 e. The minimum absolute atomic E-state index is 0.428. The molecule has 0 atom stereocenters. The first-order valence-corrected chi connectivity index (χ1v) is 8.54. The molecule has 0 saturated heterocycles. The Morgan fingerprint density at radius 3 is 2.78 bits per heavy atom. The Kier molecular flexibility index (Phi) is 7.04. The fraction of sp³-hybridized carbons (Fsp3) is 0.368. The van der Waals surface area contributed by atoms with E-state index in [0.717, 1.165) is 17.7 Å². The molecule has 0 fully saturated rings. The number of rotatable bonds is 8. The van der Waals surface area contributed by atoms with Gasteiger partial charge in [-0.3, -0.25) is 0 Å². The summed E-state index contributed by atoms with van der Waals surface area (Å²) in [6.07, 6.45) is 0.384. The number of aromatic nitrogens is 2. The average molecular weight is 382 g/mol. The lowest BCUT2D eigenvalue weighted by Gasteiger charge is -2.09. The highest BCUT2D eigenvalue weighted by Gasteiger charge is 2.41. The van der Waals surface area contributed by atoms with E-state index in [2.05, 4.69) is 27.7 Å². The first-order chi connectivity index (χ1) is 12.8. The largest absolute Gasteiger partial charge is 0.494 e. The summed E-state index contributed by atoms with van der Waals surface area (Å²) in [7, 11) is 0. The second-order valence-electron chi connectivity index (χ2n) is 5.75. The zero-order valence-electron chi connectivity index (χ0n) is 15.1. The first kappa shape index (κ1) is 20.5. The Morgan fingerprint density at radius 2 is 2.11 bits per heavy atom. The van der Waals surface area contributed by atoms with Crippen LogP contribution >= 0.6 is 0 Å². The van der Waals surface area contributed by atoms with Gasteiger partial charge in [0.05, 0.1) is 12.8 Å². The number of carbonyl (C=O) groups excluding carboxylic acids is 1. The number of alkyl halides is 3. The zero-order chi connectivity index (χ0) is 19.9. The lowest BCUT2D eigenvalue weighted by atomic mass is 10.0. The van der Waals surface area contributed by atoms with Gasteiger partial charge in [-0.1, -0.05) is 25.1 Å². The fourth-order valence-electron chi connectivity index (χ4n) is 2.48. The van der Waals surface area contributed by atoms with E-state index in [1.165, 1.54) is 11.8 Å². The topological polar surface area (TPSA) is 64.2 Å². The SMILES string of the molecule is CC=C(CC)c1cccc(OCCCc2cnc(OC(=O)C(F)(F)F)[nH]2)c1. The summed E-state index contributed by atoms with van der Waals surface area (Å²) in [5, 5.41) is 0. The molecule has 1 N–H and O–H groups in total. The molecule has 0 unspecified atom stereocenters. The lowest BCUT2D eigenvalue weighted by molar-refractivity contribution is -0.190. The summed E-state index contributed by atoms with van der Waals surface area (Å²) in [4.78, 5) is 16.9. The van der Waals surface area contributed by atoms with Gasteiger partial charge in [-0.15, -0.1) is 0 Å². The number of carbonyl (C=O) groups is 1. The van der Waals surface area contributed by atoms with Gasteiger partial charge in [-0.25, -0.2) is 9.78 Å². The molecule has 0 aliphatic rings. The van der Waals surface area contributed by atoms with Crippen LogP contribution in [0.15, 0.2) is 36.5 Å². The molecule has 0 saturated carbocycles. The number of ether oxygens (including phenoxy) is 2. The molecule has 0 radical (unpaired) electrons. The van der Waals surface area contributed by atoms with Crippen LogP contribution < -0.4 is 9.47 Å². The van der Waals surface area contributed by atoms with Crippen LogP contribution in [0.3, 0.4) is 0 Å². The van der Waals surface area contributed by atoms with E-state index in [0.29, 0.717) is 25.1 Å². The summed E-state index contributed by atoms with van der Waals surface area (Å²) in [5.74, 6) is -1.55. The summed E-state index contributed by atoms with van der Waals surface area (Å²) in [6.45, 7) is 4.52. The molecule has 0 amide bonds. The maximum atomic E-state index is 12.1. The molecule has 0 bridgehead atoms. The Balaban J connectivity index is 1.81. The van der Waals surface area contributed by atoms with Crippen molar-refractivity contribution in [3.8, 4) is 11.8 Å². The molecule has 8 heteroatoms. The normalized spacial score (nSPS) is 12.1. The number of H-pyrrole nitrogens is 1. The number of benzene rings is 1. The zero-order valence-corrected chi connectivity index (χ0v) is 15.1. The number of hydrogen-bond acceptors (Lipinski definition) is 4. The van der Waals surface area contributed by atoms with Crippen LogP contribution in [0.2, 0.25) is 0 Å². The molecule has 5 nitrogen and oxygen atoms in total. The Bertz CT molecular complexity index is 797. The van der Waals surface area contributed by atoms with Crippen LogP contribution in [-0.2, 0) is 11.2 Å². The molecule has 0 spiro atoms. The highest BCUT2D eigenvalue weighted by atomic mass is 19.4. The highest BCUT2D eigenvalue weighted by Crippen LogP contribution is 2.23. The Hall–Kier alpha value is -2.77. The first-order valence-electron chi connectivity index (χ1n) is 8.54. The van der Waals surface area contributed by atoms with Crippen LogP contribution in [0.5, 0.6) is 11.8 Å². The van der Waals surface area contributed by atoms with Gasteiger partial charge in [-0.05, 0) is 49.5 Å². The summed E-state index contributed by atoms with van der Waals surface area (Å²) >= 11 is 0. The molecule has 27 heavy (non-hydrogen) atoms. The molecule has 2 rings (SSSR count). The third-order valence-corrected chi connectivity index (χ3v) is 3.82. The standard InChI is InChI=1S/C19H21F3N2O3/c1-3-13(4-2)14-7-5-9-16(11-14)26-10-6-8-15-12-23-18(24-15)27-17(25)19(20,21)22/h3,5,7,9,11-12H,4,6,8,10H2,1-2H3,(H,23,24). The van der Waals surface area contributed by atoms with E-state index >= 15 is 0 Å². The predicted molar refractivity (Wildman–Crippen MR) is 94.5 cm³/mol. The quantitative estimate of drug-likeness (QED) is 0.531. The molecule has 146 valence electrons.